The van der Waals surface area contributed by atoms with E-state index in [-0.39, 0.29) is 18.6 Å². The average molecular weight is 330 g/mol. The molecule has 1 rings (SSSR count). The Balaban J connectivity index is 3.01. The van der Waals surface area contributed by atoms with Crippen LogP contribution in [0.3, 0.4) is 0 Å². The zero-order chi connectivity index (χ0) is 14.4. The number of hydrogen-bond acceptors (Lipinski definition) is 3. The van der Waals surface area contributed by atoms with Gasteiger partial charge in [-0.1, -0.05) is 0 Å². The fraction of sp³-hybridized carbons (Fsp3) is 0.500. The van der Waals surface area contributed by atoms with Crippen molar-refractivity contribution < 1.29 is 14.6 Å². The largest absolute Gasteiger partial charge is 0.497 e. The van der Waals surface area contributed by atoms with E-state index in [0.717, 1.165) is 4.47 Å². The zero-order valence-corrected chi connectivity index (χ0v) is 13.1. The Bertz CT molecular complexity index is 435. The third-order valence-electron chi connectivity index (χ3n) is 2.85. The molecule has 4 nitrogen and oxygen atoms in total. The van der Waals surface area contributed by atoms with E-state index in [1.807, 2.05) is 13.8 Å². The molecule has 0 unspecified atom stereocenters. The number of nitrogens with zero attached hydrogens (tertiary/aromatic N) is 1. The summed E-state index contributed by atoms with van der Waals surface area (Å²) in [6.07, 6.45) is 0.575. The highest BCUT2D eigenvalue weighted by Gasteiger charge is 2.20. The number of aliphatic hydroxyl groups excluding tert-OH is 1. The van der Waals surface area contributed by atoms with Gasteiger partial charge in [0, 0.05) is 23.7 Å². The van der Waals surface area contributed by atoms with Gasteiger partial charge in [-0.25, -0.2) is 0 Å². The monoisotopic (exact) mass is 329 g/mol. The van der Waals surface area contributed by atoms with Crippen molar-refractivity contribution in [2.75, 3.05) is 20.3 Å². The maximum absolute atomic E-state index is 12.5. The van der Waals surface area contributed by atoms with Crippen LogP contribution in [0.15, 0.2) is 22.7 Å². The van der Waals surface area contributed by atoms with Crippen LogP contribution in [-0.4, -0.2) is 42.2 Å². The van der Waals surface area contributed by atoms with Crippen molar-refractivity contribution in [3.05, 3.63) is 28.2 Å². The second kappa shape index (κ2) is 7.50. The number of hydrogen-bond donors (Lipinski definition) is 1. The number of benzene rings is 1. The van der Waals surface area contributed by atoms with Gasteiger partial charge in [0.25, 0.3) is 5.91 Å². The summed E-state index contributed by atoms with van der Waals surface area (Å²) in [5, 5.41) is 8.92. The summed E-state index contributed by atoms with van der Waals surface area (Å²) >= 11 is 3.39. The van der Waals surface area contributed by atoms with Gasteiger partial charge in [0.1, 0.15) is 5.75 Å². The molecule has 0 radical (unpaired) electrons. The van der Waals surface area contributed by atoms with E-state index in [0.29, 0.717) is 24.3 Å². The number of carbonyl (C=O) groups is 1. The minimum atomic E-state index is -0.0609. The molecule has 1 amide bonds. The summed E-state index contributed by atoms with van der Waals surface area (Å²) in [5.74, 6) is 0.589. The number of ether oxygens (including phenoxy) is 1. The number of carbonyl (C=O) groups excluding carboxylic acids is 1. The fourth-order valence-electron chi connectivity index (χ4n) is 1.79. The number of amides is 1. The Morgan fingerprint density at radius 1 is 1.47 bits per heavy atom. The van der Waals surface area contributed by atoms with Crippen LogP contribution in [-0.2, 0) is 0 Å². The molecule has 0 saturated heterocycles. The minimum absolute atomic E-state index is 0.0609. The molecule has 0 heterocycles. The Labute approximate surface area is 122 Å². The molecule has 0 aliphatic rings. The number of aliphatic hydroxyl groups is 1. The fourth-order valence-corrected chi connectivity index (χ4v) is 2.20. The van der Waals surface area contributed by atoms with E-state index in [4.69, 9.17) is 9.84 Å². The topological polar surface area (TPSA) is 49.8 Å². The van der Waals surface area contributed by atoms with Gasteiger partial charge in [-0.05, 0) is 54.4 Å². The minimum Gasteiger partial charge on any atom is -0.497 e. The molecule has 5 heteroatoms. The van der Waals surface area contributed by atoms with Gasteiger partial charge >= 0.3 is 0 Å². The van der Waals surface area contributed by atoms with Crippen LogP contribution < -0.4 is 4.74 Å². The van der Waals surface area contributed by atoms with Gasteiger partial charge in [0.2, 0.25) is 0 Å². The predicted molar refractivity (Wildman–Crippen MR) is 78.6 cm³/mol. The normalized spacial score (nSPS) is 10.6. The molecule has 0 saturated carbocycles. The maximum atomic E-state index is 12.5. The lowest BCUT2D eigenvalue weighted by atomic mass is 10.1. The smallest absolute Gasteiger partial charge is 0.255 e. The quantitative estimate of drug-likeness (QED) is 0.872. The molecule has 0 spiro atoms. The van der Waals surface area contributed by atoms with Gasteiger partial charge in [-0.3, -0.25) is 4.79 Å². The van der Waals surface area contributed by atoms with Crippen molar-refractivity contribution in [1.29, 1.82) is 0 Å². The zero-order valence-electron chi connectivity index (χ0n) is 11.5. The van der Waals surface area contributed by atoms with Gasteiger partial charge < -0.3 is 14.7 Å². The molecule has 0 aliphatic heterocycles. The number of halogens is 1. The average Bonchev–Trinajstić information content (AvgIpc) is 2.39. The molecule has 19 heavy (non-hydrogen) atoms. The standard InChI is InChI=1S/C14H20BrNO3/c1-10(2)16(7-4-8-17)14(18)12-9-11(19-3)5-6-13(12)15/h5-6,9-10,17H,4,7-8H2,1-3H3. The summed E-state index contributed by atoms with van der Waals surface area (Å²) in [6, 6.07) is 5.41. The molecule has 0 aromatic heterocycles. The maximum Gasteiger partial charge on any atom is 0.255 e. The third kappa shape index (κ3) is 4.21. The van der Waals surface area contributed by atoms with E-state index in [9.17, 15) is 4.79 Å². The van der Waals surface area contributed by atoms with E-state index in [2.05, 4.69) is 15.9 Å². The lowest BCUT2D eigenvalue weighted by molar-refractivity contribution is 0.0692. The van der Waals surface area contributed by atoms with Gasteiger partial charge in [0.05, 0.1) is 12.7 Å². The van der Waals surface area contributed by atoms with Crippen LogP contribution in [0.1, 0.15) is 30.6 Å². The van der Waals surface area contributed by atoms with Crippen molar-refractivity contribution >= 4 is 21.8 Å². The first-order valence-electron chi connectivity index (χ1n) is 6.26. The van der Waals surface area contributed by atoms with Crippen LogP contribution in [0.25, 0.3) is 0 Å². The van der Waals surface area contributed by atoms with Crippen molar-refractivity contribution in [1.82, 2.24) is 4.90 Å². The van der Waals surface area contributed by atoms with E-state index in [1.54, 1.807) is 30.2 Å². The molecule has 1 N–H and O–H groups in total. The van der Waals surface area contributed by atoms with Gasteiger partial charge in [-0.2, -0.15) is 0 Å². The highest BCUT2D eigenvalue weighted by Crippen LogP contribution is 2.24. The van der Waals surface area contributed by atoms with Crippen LogP contribution in [0.5, 0.6) is 5.75 Å². The molecule has 0 aliphatic carbocycles. The van der Waals surface area contributed by atoms with Gasteiger partial charge in [-0.15, -0.1) is 0 Å². The molecule has 1 aromatic rings. The van der Waals surface area contributed by atoms with Gasteiger partial charge in [0.15, 0.2) is 0 Å². The second-order valence-corrected chi connectivity index (χ2v) is 5.37. The summed E-state index contributed by atoms with van der Waals surface area (Å²) < 4.78 is 5.89. The highest BCUT2D eigenvalue weighted by atomic mass is 79.9. The van der Waals surface area contributed by atoms with E-state index < -0.39 is 0 Å². The Morgan fingerprint density at radius 3 is 2.68 bits per heavy atom. The Hall–Kier alpha value is -1.07. The predicted octanol–water partition coefficient (Wildman–Crippen LogP) is 2.69. The summed E-state index contributed by atoms with van der Waals surface area (Å²) in [4.78, 5) is 14.3. The number of rotatable bonds is 6. The van der Waals surface area contributed by atoms with Crippen LogP contribution >= 0.6 is 15.9 Å². The van der Waals surface area contributed by atoms with E-state index >= 15 is 0 Å². The Kier molecular flexibility index (Phi) is 6.31. The van der Waals surface area contributed by atoms with Crippen LogP contribution in [0, 0.1) is 0 Å². The highest BCUT2D eigenvalue weighted by molar-refractivity contribution is 9.10. The first kappa shape index (κ1) is 16.0. The van der Waals surface area contributed by atoms with Crippen LogP contribution in [0.2, 0.25) is 0 Å². The molecule has 0 bridgehead atoms. The summed E-state index contributed by atoms with van der Waals surface area (Å²) in [6.45, 7) is 4.54. The third-order valence-corrected chi connectivity index (χ3v) is 3.54. The molecule has 1 aromatic carbocycles. The SMILES string of the molecule is COc1ccc(Br)c(C(=O)N(CCCO)C(C)C)c1. The first-order chi connectivity index (χ1) is 9.01. The van der Waals surface area contributed by atoms with Crippen molar-refractivity contribution in [3.8, 4) is 5.75 Å². The second-order valence-electron chi connectivity index (χ2n) is 4.52. The number of methoxy groups -OCH3 is 1. The molecule has 106 valence electrons. The molecular weight excluding hydrogens is 310 g/mol. The molecular formula is C14H20BrNO3. The van der Waals surface area contributed by atoms with Crippen molar-refractivity contribution in [2.24, 2.45) is 0 Å². The molecule has 0 fully saturated rings. The van der Waals surface area contributed by atoms with Crippen molar-refractivity contribution in [2.45, 2.75) is 26.3 Å². The Morgan fingerprint density at radius 2 is 2.16 bits per heavy atom. The summed E-state index contributed by atoms with van der Waals surface area (Å²) in [7, 11) is 1.57. The van der Waals surface area contributed by atoms with E-state index in [1.165, 1.54) is 0 Å². The molecule has 0 atom stereocenters. The van der Waals surface area contributed by atoms with Crippen molar-refractivity contribution in [3.63, 3.8) is 0 Å². The lowest BCUT2D eigenvalue weighted by Gasteiger charge is -2.27. The lowest BCUT2D eigenvalue weighted by Crippen LogP contribution is -2.38. The van der Waals surface area contributed by atoms with Crippen LogP contribution in [0.4, 0.5) is 0 Å². The summed E-state index contributed by atoms with van der Waals surface area (Å²) in [5.41, 5.74) is 0.575. The first-order valence-corrected chi connectivity index (χ1v) is 7.06.